The summed E-state index contributed by atoms with van der Waals surface area (Å²) >= 11 is 6.53. The molecule has 0 fully saturated rings. The topological polar surface area (TPSA) is 43.9 Å². The van der Waals surface area contributed by atoms with Gasteiger partial charge in [-0.3, -0.25) is 4.90 Å². The standard InChI is InChI=1S/C22H20ClNO3/c1-13-5-7-14(8-6-13)10-24-11-18-20-17(9-19(23)21(18)26-12-24)15-3-2-4-16(15)22(25)27-20/h5-9H,2-4,10-12H2,1H3/p+1. The van der Waals surface area contributed by atoms with Crippen LogP contribution in [0.2, 0.25) is 5.02 Å². The average Bonchev–Trinajstić information content (AvgIpc) is 3.16. The lowest BCUT2D eigenvalue weighted by Crippen LogP contribution is -3.10. The van der Waals surface area contributed by atoms with Crippen LogP contribution >= 0.6 is 11.6 Å². The quantitative estimate of drug-likeness (QED) is 0.692. The Morgan fingerprint density at radius 2 is 1.89 bits per heavy atom. The van der Waals surface area contributed by atoms with E-state index >= 15 is 0 Å². The van der Waals surface area contributed by atoms with E-state index in [0.717, 1.165) is 54.4 Å². The molecule has 2 heterocycles. The van der Waals surface area contributed by atoms with Crippen molar-refractivity contribution in [3.8, 4) is 5.75 Å². The van der Waals surface area contributed by atoms with Gasteiger partial charge >= 0.3 is 5.63 Å². The highest BCUT2D eigenvalue weighted by atomic mass is 35.5. The molecule has 1 atom stereocenters. The first kappa shape index (κ1) is 16.8. The fourth-order valence-corrected chi connectivity index (χ4v) is 4.61. The zero-order valence-corrected chi connectivity index (χ0v) is 16.0. The number of rotatable bonds is 2. The van der Waals surface area contributed by atoms with Crippen molar-refractivity contribution in [1.82, 2.24) is 0 Å². The maximum Gasteiger partial charge on any atom is 0.339 e. The van der Waals surface area contributed by atoms with Gasteiger partial charge in [-0.2, -0.15) is 0 Å². The van der Waals surface area contributed by atoms with E-state index in [9.17, 15) is 4.79 Å². The smallest absolute Gasteiger partial charge is 0.339 e. The van der Waals surface area contributed by atoms with E-state index in [1.54, 1.807) is 0 Å². The molecule has 0 bridgehead atoms. The third-order valence-corrected chi connectivity index (χ3v) is 5.97. The number of halogens is 1. The molecule has 2 aliphatic rings. The summed E-state index contributed by atoms with van der Waals surface area (Å²) in [7, 11) is 0. The molecule has 1 unspecified atom stereocenters. The van der Waals surface area contributed by atoms with Crippen LogP contribution < -0.4 is 15.3 Å². The largest absolute Gasteiger partial charge is 0.443 e. The molecule has 138 valence electrons. The van der Waals surface area contributed by atoms with E-state index in [1.807, 2.05) is 6.07 Å². The summed E-state index contributed by atoms with van der Waals surface area (Å²) in [6, 6.07) is 10.5. The molecule has 0 saturated heterocycles. The lowest BCUT2D eigenvalue weighted by Gasteiger charge is -2.27. The highest BCUT2D eigenvalue weighted by Gasteiger charge is 2.29. The van der Waals surface area contributed by atoms with Crippen LogP contribution in [0.1, 0.15) is 34.2 Å². The molecule has 4 nitrogen and oxygen atoms in total. The van der Waals surface area contributed by atoms with Gasteiger partial charge in [0.15, 0.2) is 11.3 Å². The van der Waals surface area contributed by atoms with E-state index in [1.165, 1.54) is 16.0 Å². The van der Waals surface area contributed by atoms with Crippen molar-refractivity contribution in [2.45, 2.75) is 39.3 Å². The number of nitrogens with one attached hydrogen (secondary N) is 1. The molecule has 0 saturated carbocycles. The summed E-state index contributed by atoms with van der Waals surface area (Å²) in [5.74, 6) is 0.665. The second-order valence-corrected chi connectivity index (χ2v) is 8.03. The summed E-state index contributed by atoms with van der Waals surface area (Å²) in [4.78, 5) is 13.7. The molecule has 1 N–H and O–H groups in total. The zero-order valence-electron chi connectivity index (χ0n) is 15.2. The fraction of sp³-hybridized carbons (Fsp3) is 0.318. The minimum absolute atomic E-state index is 0.204. The van der Waals surface area contributed by atoms with Crippen LogP contribution in [-0.2, 0) is 25.9 Å². The van der Waals surface area contributed by atoms with Crippen LogP contribution in [0.25, 0.3) is 11.0 Å². The summed E-state index contributed by atoms with van der Waals surface area (Å²) in [5.41, 5.74) is 5.80. The Hall–Kier alpha value is -2.30. The molecule has 27 heavy (non-hydrogen) atoms. The predicted octanol–water partition coefficient (Wildman–Crippen LogP) is 3.18. The van der Waals surface area contributed by atoms with Crippen molar-refractivity contribution in [2.24, 2.45) is 0 Å². The van der Waals surface area contributed by atoms with Crippen molar-refractivity contribution >= 4 is 22.6 Å². The first-order valence-electron chi connectivity index (χ1n) is 9.42. The summed E-state index contributed by atoms with van der Waals surface area (Å²) < 4.78 is 11.8. The molecule has 1 aliphatic heterocycles. The Morgan fingerprint density at radius 1 is 1.11 bits per heavy atom. The number of aryl methyl sites for hydroxylation is 2. The van der Waals surface area contributed by atoms with Crippen LogP contribution in [0, 0.1) is 6.92 Å². The number of fused-ring (bicyclic) bond motifs is 5. The number of hydrogen-bond acceptors (Lipinski definition) is 3. The Bertz CT molecular complexity index is 1100. The van der Waals surface area contributed by atoms with E-state index in [-0.39, 0.29) is 5.63 Å². The minimum Gasteiger partial charge on any atom is -0.443 e. The van der Waals surface area contributed by atoms with E-state index in [4.69, 9.17) is 20.8 Å². The Labute approximate surface area is 162 Å². The third kappa shape index (κ3) is 2.84. The molecular weight excluding hydrogens is 362 g/mol. The van der Waals surface area contributed by atoms with E-state index in [2.05, 4.69) is 31.2 Å². The predicted molar refractivity (Wildman–Crippen MR) is 105 cm³/mol. The van der Waals surface area contributed by atoms with Gasteiger partial charge < -0.3 is 9.15 Å². The van der Waals surface area contributed by atoms with Gasteiger partial charge in [0.2, 0.25) is 6.73 Å². The zero-order chi connectivity index (χ0) is 18.5. The molecule has 0 amide bonds. The Balaban J connectivity index is 1.57. The highest BCUT2D eigenvalue weighted by molar-refractivity contribution is 6.33. The SMILES string of the molecule is Cc1ccc(C[NH+]2COc3c(Cl)cc4c5c(c(=O)oc4c3C2)CCC5)cc1. The molecule has 3 aromatic rings. The van der Waals surface area contributed by atoms with Crippen LogP contribution in [-0.4, -0.2) is 6.73 Å². The molecule has 1 aromatic heterocycles. The molecule has 2 aromatic carbocycles. The van der Waals surface area contributed by atoms with Gasteiger partial charge in [0.25, 0.3) is 0 Å². The van der Waals surface area contributed by atoms with Gasteiger partial charge in [0.05, 0.1) is 10.6 Å². The van der Waals surface area contributed by atoms with Gasteiger partial charge in [-0.05, 0) is 37.8 Å². The van der Waals surface area contributed by atoms with Crippen molar-refractivity contribution in [3.63, 3.8) is 0 Å². The molecule has 5 rings (SSSR count). The Kier molecular flexibility index (Phi) is 3.99. The second-order valence-electron chi connectivity index (χ2n) is 7.62. The summed E-state index contributed by atoms with van der Waals surface area (Å²) in [6.45, 7) is 4.21. The minimum atomic E-state index is -0.204. The van der Waals surface area contributed by atoms with E-state index in [0.29, 0.717) is 23.1 Å². The fourth-order valence-electron chi connectivity index (χ4n) is 4.33. The monoisotopic (exact) mass is 382 g/mol. The van der Waals surface area contributed by atoms with Crippen molar-refractivity contribution < 1.29 is 14.1 Å². The number of quaternary nitrogens is 1. The molecular formula is C22H21ClNO3+. The second kappa shape index (κ2) is 6.39. The van der Waals surface area contributed by atoms with Crippen LogP contribution in [0.5, 0.6) is 5.75 Å². The van der Waals surface area contributed by atoms with Gasteiger partial charge in [-0.15, -0.1) is 0 Å². The molecule has 0 spiro atoms. The van der Waals surface area contributed by atoms with Crippen molar-refractivity contribution in [2.75, 3.05) is 6.73 Å². The highest BCUT2D eigenvalue weighted by Crippen LogP contribution is 2.39. The number of hydrogen-bond donors (Lipinski definition) is 1. The van der Waals surface area contributed by atoms with Gasteiger partial charge in [-0.25, -0.2) is 4.79 Å². The van der Waals surface area contributed by atoms with Gasteiger partial charge in [0, 0.05) is 16.5 Å². The van der Waals surface area contributed by atoms with Crippen molar-refractivity contribution in [3.05, 3.63) is 73.6 Å². The van der Waals surface area contributed by atoms with Crippen LogP contribution in [0.4, 0.5) is 0 Å². The first-order valence-corrected chi connectivity index (χ1v) is 9.80. The molecule has 1 aliphatic carbocycles. The summed E-state index contributed by atoms with van der Waals surface area (Å²) in [6.07, 6.45) is 2.70. The van der Waals surface area contributed by atoms with Crippen LogP contribution in [0.3, 0.4) is 0 Å². The Morgan fingerprint density at radius 3 is 2.70 bits per heavy atom. The molecule has 0 radical (unpaired) electrons. The maximum absolute atomic E-state index is 12.5. The lowest BCUT2D eigenvalue weighted by molar-refractivity contribution is -0.945. The van der Waals surface area contributed by atoms with Gasteiger partial charge in [-0.1, -0.05) is 41.4 Å². The average molecular weight is 383 g/mol. The maximum atomic E-state index is 12.5. The van der Waals surface area contributed by atoms with Gasteiger partial charge in [0.1, 0.15) is 13.1 Å². The van der Waals surface area contributed by atoms with Crippen molar-refractivity contribution in [1.29, 1.82) is 0 Å². The molecule has 5 heteroatoms. The van der Waals surface area contributed by atoms with Crippen LogP contribution in [0.15, 0.2) is 39.5 Å². The third-order valence-electron chi connectivity index (χ3n) is 5.69. The first-order chi connectivity index (χ1) is 13.1. The normalized spacial score (nSPS) is 18.2. The number of ether oxygens (including phenoxy) is 1. The van der Waals surface area contributed by atoms with E-state index < -0.39 is 0 Å². The lowest BCUT2D eigenvalue weighted by atomic mass is 10.0. The summed E-state index contributed by atoms with van der Waals surface area (Å²) in [5, 5.41) is 1.58. The number of benzene rings is 2.